The Morgan fingerprint density at radius 1 is 1.47 bits per heavy atom. The molecule has 2 aromatic rings. The first-order valence-corrected chi connectivity index (χ1v) is 7.20. The standard InChI is InChI=1S/C13H9N3OS2/c1-2-16-12(17)11(6-10-4-3-5-18-10)19-13(16)9(7-14)8-15/h3-6H,2H2,1H3/b11-6-. The monoisotopic (exact) mass is 287 g/mol. The molecule has 19 heavy (non-hydrogen) atoms. The lowest BCUT2D eigenvalue weighted by Gasteiger charge is -1.93. The van der Waals surface area contributed by atoms with Crippen molar-refractivity contribution in [2.45, 2.75) is 13.5 Å². The minimum absolute atomic E-state index is 0.0187. The van der Waals surface area contributed by atoms with Crippen molar-refractivity contribution in [2.75, 3.05) is 0 Å². The molecule has 2 rings (SSSR count). The summed E-state index contributed by atoms with van der Waals surface area (Å²) in [7, 11) is 0. The quantitative estimate of drug-likeness (QED) is 0.828. The van der Waals surface area contributed by atoms with Crippen LogP contribution < -0.4 is 14.8 Å². The number of thiazole rings is 1. The van der Waals surface area contributed by atoms with E-state index in [1.54, 1.807) is 6.08 Å². The van der Waals surface area contributed by atoms with Gasteiger partial charge in [-0.15, -0.1) is 22.7 Å². The van der Waals surface area contributed by atoms with Crippen LogP contribution in [-0.4, -0.2) is 4.57 Å². The molecule has 0 bridgehead atoms. The molecule has 0 N–H and O–H groups in total. The van der Waals surface area contributed by atoms with E-state index in [2.05, 4.69) is 0 Å². The van der Waals surface area contributed by atoms with Crippen LogP contribution in [0.4, 0.5) is 0 Å². The Labute approximate surface area is 117 Å². The van der Waals surface area contributed by atoms with E-state index in [1.807, 2.05) is 36.6 Å². The van der Waals surface area contributed by atoms with E-state index in [9.17, 15) is 4.79 Å². The van der Waals surface area contributed by atoms with Gasteiger partial charge in [-0.1, -0.05) is 6.07 Å². The van der Waals surface area contributed by atoms with E-state index < -0.39 is 0 Å². The zero-order valence-corrected chi connectivity index (χ0v) is 11.7. The number of hydrogen-bond acceptors (Lipinski definition) is 5. The van der Waals surface area contributed by atoms with Gasteiger partial charge in [-0.3, -0.25) is 9.36 Å². The maximum absolute atomic E-state index is 12.2. The Morgan fingerprint density at radius 3 is 2.74 bits per heavy atom. The molecule has 0 spiro atoms. The largest absolute Gasteiger partial charge is 0.298 e. The Balaban J connectivity index is 2.84. The molecular weight excluding hydrogens is 278 g/mol. The van der Waals surface area contributed by atoms with E-state index in [0.29, 0.717) is 15.7 Å². The molecule has 0 atom stereocenters. The molecular formula is C13H9N3OS2. The highest BCUT2D eigenvalue weighted by Gasteiger charge is 2.07. The fourth-order valence-corrected chi connectivity index (χ4v) is 3.45. The third-order valence-electron chi connectivity index (χ3n) is 2.48. The number of nitriles is 2. The molecule has 0 saturated carbocycles. The SMILES string of the molecule is CCn1c(=C(C#N)C#N)s/c(=C\c2cccs2)c1=O. The van der Waals surface area contributed by atoms with Gasteiger partial charge in [0.05, 0.1) is 4.53 Å². The van der Waals surface area contributed by atoms with Gasteiger partial charge in [0.25, 0.3) is 5.56 Å². The summed E-state index contributed by atoms with van der Waals surface area (Å²) in [6.45, 7) is 2.26. The maximum atomic E-state index is 12.2. The van der Waals surface area contributed by atoms with E-state index >= 15 is 0 Å². The summed E-state index contributed by atoms with van der Waals surface area (Å²) < 4.78 is 2.44. The molecule has 2 heterocycles. The second-order valence-corrected chi connectivity index (χ2v) is 5.59. The van der Waals surface area contributed by atoms with Crippen molar-refractivity contribution < 1.29 is 0 Å². The summed E-state index contributed by atoms with van der Waals surface area (Å²) >= 11 is 2.72. The highest BCUT2D eigenvalue weighted by atomic mass is 32.1. The predicted molar refractivity (Wildman–Crippen MR) is 76.0 cm³/mol. The van der Waals surface area contributed by atoms with E-state index in [1.165, 1.54) is 27.2 Å². The molecule has 0 aliphatic carbocycles. The molecule has 0 fully saturated rings. The third kappa shape index (κ3) is 2.50. The number of hydrogen-bond donors (Lipinski definition) is 0. The van der Waals surface area contributed by atoms with Crippen molar-refractivity contribution in [3.05, 3.63) is 41.9 Å². The number of aromatic nitrogens is 1. The van der Waals surface area contributed by atoms with Crippen molar-refractivity contribution in [1.82, 2.24) is 4.57 Å². The van der Waals surface area contributed by atoms with Gasteiger partial charge in [-0.25, -0.2) is 0 Å². The van der Waals surface area contributed by atoms with Crippen LogP contribution >= 0.6 is 22.7 Å². The summed E-state index contributed by atoms with van der Waals surface area (Å²) in [5, 5.41) is 19.8. The van der Waals surface area contributed by atoms with E-state index in [0.717, 1.165) is 4.88 Å². The van der Waals surface area contributed by atoms with Gasteiger partial charge in [0.1, 0.15) is 16.8 Å². The van der Waals surface area contributed by atoms with Crippen molar-refractivity contribution in [3.63, 3.8) is 0 Å². The fourth-order valence-electron chi connectivity index (χ4n) is 1.62. The fraction of sp³-hybridized carbons (Fsp3) is 0.154. The summed E-state index contributed by atoms with van der Waals surface area (Å²) in [6.07, 6.45) is 1.79. The second-order valence-electron chi connectivity index (χ2n) is 3.58. The first-order valence-electron chi connectivity index (χ1n) is 5.50. The summed E-state index contributed by atoms with van der Waals surface area (Å²) in [4.78, 5) is 13.2. The molecule has 0 unspecified atom stereocenters. The van der Waals surface area contributed by atoms with Crippen molar-refractivity contribution in [3.8, 4) is 12.1 Å². The number of rotatable bonds is 2. The molecule has 94 valence electrons. The van der Waals surface area contributed by atoms with Gasteiger partial charge in [0.2, 0.25) is 0 Å². The Morgan fingerprint density at radius 2 is 2.21 bits per heavy atom. The minimum atomic E-state index is -0.154. The molecule has 0 aliphatic heterocycles. The van der Waals surface area contributed by atoms with E-state index in [4.69, 9.17) is 10.5 Å². The zero-order valence-electron chi connectivity index (χ0n) is 10.1. The second kappa shape index (κ2) is 5.66. The van der Waals surface area contributed by atoms with Crippen LogP contribution in [0.15, 0.2) is 22.3 Å². The van der Waals surface area contributed by atoms with Gasteiger partial charge < -0.3 is 0 Å². The molecule has 0 amide bonds. The molecule has 0 aromatic carbocycles. The molecule has 0 radical (unpaired) electrons. The predicted octanol–water partition coefficient (Wildman–Crippen LogP) is 1.02. The smallest absolute Gasteiger partial charge is 0.269 e. The Hall–Kier alpha value is -2.15. The van der Waals surface area contributed by atoms with Crippen LogP contribution in [0.1, 0.15) is 11.8 Å². The lowest BCUT2D eigenvalue weighted by Crippen LogP contribution is -2.31. The molecule has 0 saturated heterocycles. The molecule has 4 nitrogen and oxygen atoms in total. The van der Waals surface area contributed by atoms with Gasteiger partial charge >= 0.3 is 0 Å². The van der Waals surface area contributed by atoms with Crippen molar-refractivity contribution in [1.29, 1.82) is 10.5 Å². The summed E-state index contributed by atoms with van der Waals surface area (Å²) in [5.41, 5.74) is -0.173. The van der Waals surface area contributed by atoms with Crippen LogP contribution in [0.3, 0.4) is 0 Å². The topological polar surface area (TPSA) is 69.6 Å². The van der Waals surface area contributed by atoms with Gasteiger partial charge in [-0.05, 0) is 24.4 Å². The highest BCUT2D eigenvalue weighted by Crippen LogP contribution is 2.08. The number of nitrogens with zero attached hydrogens (tertiary/aromatic N) is 3. The van der Waals surface area contributed by atoms with Crippen molar-refractivity contribution in [2.24, 2.45) is 0 Å². The molecule has 6 heteroatoms. The average molecular weight is 287 g/mol. The van der Waals surface area contributed by atoms with Crippen LogP contribution in [0.5, 0.6) is 0 Å². The maximum Gasteiger partial charge on any atom is 0.269 e. The Kier molecular flexibility index (Phi) is 3.96. The minimum Gasteiger partial charge on any atom is -0.298 e. The van der Waals surface area contributed by atoms with Gasteiger partial charge in [-0.2, -0.15) is 10.5 Å². The van der Waals surface area contributed by atoms with Crippen LogP contribution in [0.2, 0.25) is 0 Å². The third-order valence-corrected chi connectivity index (χ3v) is 4.43. The first kappa shape index (κ1) is 13.3. The lowest BCUT2D eigenvalue weighted by molar-refractivity contribution is 0.722. The Bertz CT molecular complexity index is 826. The van der Waals surface area contributed by atoms with Gasteiger partial charge in [0, 0.05) is 11.4 Å². The summed E-state index contributed by atoms with van der Waals surface area (Å²) in [6, 6.07) is 7.50. The van der Waals surface area contributed by atoms with Crippen LogP contribution in [0.25, 0.3) is 11.6 Å². The van der Waals surface area contributed by atoms with Crippen molar-refractivity contribution >= 4 is 34.3 Å². The van der Waals surface area contributed by atoms with E-state index in [-0.39, 0.29) is 11.1 Å². The lowest BCUT2D eigenvalue weighted by atomic mass is 10.4. The molecule has 0 aliphatic rings. The van der Waals surface area contributed by atoms with Gasteiger partial charge in [0.15, 0.2) is 5.57 Å². The van der Waals surface area contributed by atoms with Crippen LogP contribution in [-0.2, 0) is 6.54 Å². The highest BCUT2D eigenvalue weighted by molar-refractivity contribution is 7.11. The normalized spacial score (nSPS) is 11.0. The average Bonchev–Trinajstić information content (AvgIpc) is 3.01. The first-order chi connectivity index (χ1) is 9.21. The zero-order chi connectivity index (χ0) is 13.8. The van der Waals surface area contributed by atoms with Crippen LogP contribution in [0, 0.1) is 22.7 Å². The molecule has 2 aromatic heterocycles. The number of thiophene rings is 1. The summed E-state index contributed by atoms with van der Waals surface area (Å²) in [5.74, 6) is 0.